The van der Waals surface area contributed by atoms with Crippen LogP contribution in [0.5, 0.6) is 11.5 Å². The van der Waals surface area contributed by atoms with Gasteiger partial charge in [0.2, 0.25) is 0 Å². The lowest BCUT2D eigenvalue weighted by Gasteiger charge is -2.05. The van der Waals surface area contributed by atoms with Crippen LogP contribution in [0.15, 0.2) is 21.7 Å². The van der Waals surface area contributed by atoms with Crippen LogP contribution in [-0.4, -0.2) is 24.3 Å². The van der Waals surface area contributed by atoms with Crippen LogP contribution in [0.2, 0.25) is 0 Å². The average molecular weight is 312 g/mol. The van der Waals surface area contributed by atoms with Crippen molar-refractivity contribution in [3.63, 3.8) is 0 Å². The van der Waals surface area contributed by atoms with Crippen molar-refractivity contribution in [2.45, 2.75) is 6.42 Å². The number of benzene rings is 1. The fraction of sp³-hybridized carbons (Fsp3) is 0.182. The van der Waals surface area contributed by atoms with Crippen molar-refractivity contribution in [1.29, 1.82) is 5.26 Å². The van der Waals surface area contributed by atoms with E-state index in [1.54, 1.807) is 12.1 Å². The zero-order valence-electron chi connectivity index (χ0n) is 9.48. The van der Waals surface area contributed by atoms with Crippen LogP contribution in [0.4, 0.5) is 0 Å². The highest BCUT2D eigenvalue weighted by Gasteiger charge is 2.06. The molecule has 0 radical (unpaired) electrons. The fourth-order valence-corrected chi connectivity index (χ4v) is 1.54. The molecule has 18 heavy (non-hydrogen) atoms. The SMILES string of the molecule is COc1cc(C=NNC(=O)CC#N)c(Br)cc1O. The highest BCUT2D eigenvalue weighted by atomic mass is 79.9. The first kappa shape index (κ1) is 14.0. The predicted molar refractivity (Wildman–Crippen MR) is 68.3 cm³/mol. The largest absolute Gasteiger partial charge is 0.504 e. The molecule has 1 aromatic rings. The standard InChI is InChI=1S/C11H10BrN3O3/c1-18-10-4-7(8(12)5-9(10)16)6-14-15-11(17)2-3-13/h4-6,16H,2H2,1H3,(H,15,17). The molecule has 6 nitrogen and oxygen atoms in total. The monoisotopic (exact) mass is 311 g/mol. The van der Waals surface area contributed by atoms with Crippen LogP contribution in [0.1, 0.15) is 12.0 Å². The topological polar surface area (TPSA) is 94.7 Å². The Morgan fingerprint density at radius 1 is 1.72 bits per heavy atom. The number of aromatic hydroxyl groups is 1. The molecular weight excluding hydrogens is 302 g/mol. The lowest BCUT2D eigenvalue weighted by Crippen LogP contribution is -2.16. The molecule has 7 heteroatoms. The van der Waals surface area contributed by atoms with Gasteiger partial charge < -0.3 is 9.84 Å². The van der Waals surface area contributed by atoms with Crippen LogP contribution in [0.3, 0.4) is 0 Å². The number of hydrogen-bond donors (Lipinski definition) is 2. The molecule has 0 unspecified atom stereocenters. The normalized spacial score (nSPS) is 10.1. The van der Waals surface area contributed by atoms with Crippen molar-refractivity contribution in [3.8, 4) is 17.6 Å². The summed E-state index contributed by atoms with van der Waals surface area (Å²) in [5, 5.41) is 21.5. The number of carbonyl (C=O) groups excluding carboxylic acids is 1. The van der Waals surface area contributed by atoms with Gasteiger partial charge in [-0.2, -0.15) is 10.4 Å². The number of phenolic OH excluding ortho intramolecular Hbond substituents is 1. The van der Waals surface area contributed by atoms with E-state index in [4.69, 9.17) is 10.00 Å². The molecule has 0 spiro atoms. The smallest absolute Gasteiger partial charge is 0.254 e. The van der Waals surface area contributed by atoms with Gasteiger partial charge in [-0.05, 0) is 28.1 Å². The van der Waals surface area contributed by atoms with Gasteiger partial charge in [-0.15, -0.1) is 0 Å². The van der Waals surface area contributed by atoms with Gasteiger partial charge in [-0.25, -0.2) is 5.43 Å². The molecule has 1 amide bonds. The molecule has 0 atom stereocenters. The van der Waals surface area contributed by atoms with Gasteiger partial charge in [-0.1, -0.05) is 0 Å². The minimum Gasteiger partial charge on any atom is -0.504 e. The zero-order chi connectivity index (χ0) is 13.5. The third kappa shape index (κ3) is 3.75. The van der Waals surface area contributed by atoms with Crippen LogP contribution < -0.4 is 10.2 Å². The van der Waals surface area contributed by atoms with Crippen molar-refractivity contribution in [2.75, 3.05) is 7.11 Å². The van der Waals surface area contributed by atoms with E-state index in [9.17, 15) is 9.90 Å². The first-order chi connectivity index (χ1) is 8.58. The maximum absolute atomic E-state index is 11.0. The zero-order valence-corrected chi connectivity index (χ0v) is 11.1. The van der Waals surface area contributed by atoms with Gasteiger partial charge >= 0.3 is 0 Å². The fourth-order valence-electron chi connectivity index (χ4n) is 1.11. The quantitative estimate of drug-likeness (QED) is 0.651. The van der Waals surface area contributed by atoms with Gasteiger partial charge in [-0.3, -0.25) is 4.79 Å². The van der Waals surface area contributed by atoms with Gasteiger partial charge in [0.15, 0.2) is 11.5 Å². The second-order valence-electron chi connectivity index (χ2n) is 3.17. The summed E-state index contributed by atoms with van der Waals surface area (Å²) in [6.07, 6.45) is 1.12. The number of phenols is 1. The number of ether oxygens (including phenoxy) is 1. The molecule has 0 saturated heterocycles. The van der Waals surface area contributed by atoms with Crippen molar-refractivity contribution in [2.24, 2.45) is 5.10 Å². The lowest BCUT2D eigenvalue weighted by molar-refractivity contribution is -0.120. The number of nitrogens with zero attached hydrogens (tertiary/aromatic N) is 2. The Kier molecular flexibility index (Phi) is 5.14. The second kappa shape index (κ2) is 6.61. The minimum atomic E-state index is -0.490. The summed E-state index contributed by atoms with van der Waals surface area (Å²) in [4.78, 5) is 11.0. The third-order valence-corrected chi connectivity index (χ3v) is 2.62. The van der Waals surface area contributed by atoms with E-state index in [-0.39, 0.29) is 12.2 Å². The summed E-state index contributed by atoms with van der Waals surface area (Å²) in [5.74, 6) is -0.200. The second-order valence-corrected chi connectivity index (χ2v) is 4.03. The number of halogens is 1. The number of hydrazone groups is 1. The third-order valence-electron chi connectivity index (χ3n) is 1.93. The van der Waals surface area contributed by atoms with E-state index < -0.39 is 5.91 Å². The molecule has 0 saturated carbocycles. The van der Waals surface area contributed by atoms with E-state index in [0.29, 0.717) is 15.8 Å². The predicted octanol–water partition coefficient (Wildman–Crippen LogP) is 1.53. The average Bonchev–Trinajstić information content (AvgIpc) is 2.32. The Bertz CT molecular complexity index is 523. The van der Waals surface area contributed by atoms with Gasteiger partial charge in [0, 0.05) is 10.0 Å². The Morgan fingerprint density at radius 3 is 3.06 bits per heavy atom. The maximum atomic E-state index is 11.0. The summed E-state index contributed by atoms with van der Waals surface area (Å²) in [6.45, 7) is 0. The van der Waals surface area contributed by atoms with Gasteiger partial charge in [0.1, 0.15) is 6.42 Å². The summed E-state index contributed by atoms with van der Waals surface area (Å²) >= 11 is 3.24. The molecule has 94 valence electrons. The van der Waals surface area contributed by atoms with Crippen LogP contribution in [-0.2, 0) is 4.79 Å². The Labute approximate surface area is 112 Å². The first-order valence-corrected chi connectivity index (χ1v) is 5.63. The van der Waals surface area contributed by atoms with Gasteiger partial charge in [0.25, 0.3) is 5.91 Å². The van der Waals surface area contributed by atoms with E-state index >= 15 is 0 Å². The summed E-state index contributed by atoms with van der Waals surface area (Å²) < 4.78 is 5.54. The van der Waals surface area contributed by atoms with Crippen molar-refractivity contribution >= 4 is 28.1 Å². The van der Waals surface area contributed by atoms with E-state index in [1.165, 1.54) is 19.4 Å². The van der Waals surface area contributed by atoms with E-state index in [0.717, 1.165) is 0 Å². The highest BCUT2D eigenvalue weighted by Crippen LogP contribution is 2.31. The molecule has 1 rings (SSSR count). The van der Waals surface area contributed by atoms with Gasteiger partial charge in [0.05, 0.1) is 19.4 Å². The number of nitriles is 1. The van der Waals surface area contributed by atoms with Crippen molar-refractivity contribution in [3.05, 3.63) is 22.2 Å². The minimum absolute atomic E-state index is 0.00459. The molecule has 0 bridgehead atoms. The van der Waals surface area contributed by atoms with E-state index in [1.807, 2.05) is 0 Å². The number of hydrogen-bond acceptors (Lipinski definition) is 5. The molecule has 2 N–H and O–H groups in total. The van der Waals surface area contributed by atoms with Crippen LogP contribution >= 0.6 is 15.9 Å². The summed E-state index contributed by atoms with van der Waals surface area (Å²) in [7, 11) is 1.43. The Morgan fingerprint density at radius 2 is 2.44 bits per heavy atom. The first-order valence-electron chi connectivity index (χ1n) is 4.83. The number of rotatable bonds is 4. The molecule has 0 aliphatic carbocycles. The van der Waals surface area contributed by atoms with Crippen molar-refractivity contribution < 1.29 is 14.6 Å². The number of nitrogens with one attached hydrogen (secondary N) is 1. The molecular formula is C11H10BrN3O3. The lowest BCUT2D eigenvalue weighted by atomic mass is 10.2. The maximum Gasteiger partial charge on any atom is 0.254 e. The Hall–Kier alpha value is -2.07. The molecule has 0 aliphatic rings. The number of carbonyl (C=O) groups is 1. The van der Waals surface area contributed by atoms with Crippen molar-refractivity contribution in [1.82, 2.24) is 5.43 Å². The highest BCUT2D eigenvalue weighted by molar-refractivity contribution is 9.10. The molecule has 0 aromatic heterocycles. The molecule has 0 heterocycles. The number of methoxy groups -OCH3 is 1. The van der Waals surface area contributed by atoms with E-state index in [2.05, 4.69) is 26.5 Å². The Balaban J connectivity index is 2.82. The molecule has 1 aromatic carbocycles. The molecule has 0 aliphatic heterocycles. The molecule has 0 fully saturated rings. The van der Waals surface area contributed by atoms with Crippen LogP contribution in [0, 0.1) is 11.3 Å². The van der Waals surface area contributed by atoms with Crippen LogP contribution in [0.25, 0.3) is 0 Å². The summed E-state index contributed by atoms with van der Waals surface area (Å²) in [6, 6.07) is 4.72. The number of amides is 1. The summed E-state index contributed by atoms with van der Waals surface area (Å²) in [5.41, 5.74) is 2.81.